The van der Waals surface area contributed by atoms with Crippen LogP contribution in [0.1, 0.15) is 31.8 Å². The Balaban J connectivity index is 2.30. The minimum atomic E-state index is -0.558. The van der Waals surface area contributed by atoms with Gasteiger partial charge in [-0.15, -0.1) is 0 Å². The van der Waals surface area contributed by atoms with E-state index in [0.29, 0.717) is 11.1 Å². The fourth-order valence-electron chi connectivity index (χ4n) is 2.07. The Labute approximate surface area is 131 Å². The number of primary amides is 1. The molecule has 4 nitrogen and oxygen atoms in total. The van der Waals surface area contributed by atoms with Gasteiger partial charge in [0, 0.05) is 15.6 Å². The maximum Gasteiger partial charge on any atom is 0.255 e. The van der Waals surface area contributed by atoms with Crippen LogP contribution in [0.3, 0.4) is 0 Å². The number of benzene rings is 2. The number of nitrogens with one attached hydrogen (secondary N) is 1. The monoisotopic (exact) mass is 346 g/mol. The van der Waals surface area contributed by atoms with Crippen LogP contribution >= 0.6 is 15.9 Å². The molecule has 0 heterocycles. The molecule has 0 spiro atoms. The maximum absolute atomic E-state index is 12.3. The van der Waals surface area contributed by atoms with Crippen LogP contribution in [0.25, 0.3) is 0 Å². The molecule has 0 aliphatic carbocycles. The van der Waals surface area contributed by atoms with E-state index in [9.17, 15) is 9.59 Å². The summed E-state index contributed by atoms with van der Waals surface area (Å²) in [4.78, 5) is 23.5. The predicted molar refractivity (Wildman–Crippen MR) is 86.5 cm³/mol. The Morgan fingerprint density at radius 2 is 1.76 bits per heavy atom. The lowest BCUT2D eigenvalue weighted by atomic mass is 10.1. The first kappa shape index (κ1) is 15.3. The van der Waals surface area contributed by atoms with Crippen molar-refractivity contribution in [2.45, 2.75) is 13.8 Å². The molecule has 0 bridgehead atoms. The van der Waals surface area contributed by atoms with E-state index in [-0.39, 0.29) is 5.91 Å². The Hall–Kier alpha value is -2.14. The van der Waals surface area contributed by atoms with E-state index >= 15 is 0 Å². The molecule has 5 heteroatoms. The molecule has 0 unspecified atom stereocenters. The fourth-order valence-corrected chi connectivity index (χ4v) is 2.85. The number of anilines is 1. The molecule has 21 heavy (non-hydrogen) atoms. The second-order valence-corrected chi connectivity index (χ2v) is 5.69. The van der Waals surface area contributed by atoms with Crippen LogP contribution in [0.5, 0.6) is 0 Å². The lowest BCUT2D eigenvalue weighted by Gasteiger charge is -2.12. The van der Waals surface area contributed by atoms with Gasteiger partial charge in [0.1, 0.15) is 0 Å². The molecule has 3 N–H and O–H groups in total. The molecule has 0 aliphatic rings. The van der Waals surface area contributed by atoms with Crippen molar-refractivity contribution in [2.75, 3.05) is 5.32 Å². The summed E-state index contributed by atoms with van der Waals surface area (Å²) in [6.45, 7) is 3.91. The first-order chi connectivity index (χ1) is 9.88. The third-order valence-electron chi connectivity index (χ3n) is 3.08. The minimum absolute atomic E-state index is 0.286. The highest BCUT2D eigenvalue weighted by molar-refractivity contribution is 9.10. The quantitative estimate of drug-likeness (QED) is 0.893. The number of carbonyl (C=O) groups excluding carboxylic acids is 2. The number of aryl methyl sites for hydroxylation is 2. The third-order valence-corrected chi connectivity index (χ3v) is 3.70. The van der Waals surface area contributed by atoms with E-state index in [1.165, 1.54) is 6.07 Å². The van der Waals surface area contributed by atoms with Crippen molar-refractivity contribution < 1.29 is 9.59 Å². The summed E-state index contributed by atoms with van der Waals surface area (Å²) in [5, 5.41) is 2.85. The van der Waals surface area contributed by atoms with Gasteiger partial charge < -0.3 is 11.1 Å². The second kappa shape index (κ2) is 6.10. The first-order valence-electron chi connectivity index (χ1n) is 6.36. The Morgan fingerprint density at radius 3 is 2.38 bits per heavy atom. The second-order valence-electron chi connectivity index (χ2n) is 4.84. The van der Waals surface area contributed by atoms with Gasteiger partial charge in [0.05, 0.1) is 5.69 Å². The van der Waals surface area contributed by atoms with Crippen molar-refractivity contribution in [1.29, 1.82) is 0 Å². The number of halogens is 1. The van der Waals surface area contributed by atoms with Gasteiger partial charge in [-0.1, -0.05) is 12.1 Å². The maximum atomic E-state index is 12.3. The van der Waals surface area contributed by atoms with Gasteiger partial charge in [0.2, 0.25) is 5.91 Å². The largest absolute Gasteiger partial charge is 0.366 e. The standard InChI is InChI=1S/C16H15BrN2O2/c1-9-6-10(2)14(13(17)7-9)19-16(21)12-5-3-4-11(8-12)15(18)20/h3-8H,1-2H3,(H2,18,20)(H,19,21). The molecule has 0 saturated carbocycles. The van der Waals surface area contributed by atoms with Gasteiger partial charge in [-0.05, 0) is 65.2 Å². The van der Waals surface area contributed by atoms with Crippen LogP contribution in [0.15, 0.2) is 40.9 Å². The Kier molecular flexibility index (Phi) is 4.43. The highest BCUT2D eigenvalue weighted by Crippen LogP contribution is 2.28. The summed E-state index contributed by atoms with van der Waals surface area (Å²) in [5.41, 5.74) is 8.70. The lowest BCUT2D eigenvalue weighted by molar-refractivity contribution is 0.1000. The van der Waals surface area contributed by atoms with Crippen molar-refractivity contribution in [3.63, 3.8) is 0 Å². The highest BCUT2D eigenvalue weighted by atomic mass is 79.9. The Morgan fingerprint density at radius 1 is 1.10 bits per heavy atom. The van der Waals surface area contributed by atoms with Gasteiger partial charge >= 0.3 is 0 Å². The molecule has 2 rings (SSSR count). The molecule has 0 atom stereocenters. The summed E-state index contributed by atoms with van der Waals surface area (Å²) in [7, 11) is 0. The highest BCUT2D eigenvalue weighted by Gasteiger charge is 2.12. The van der Waals surface area contributed by atoms with Crippen LogP contribution in [-0.4, -0.2) is 11.8 Å². The van der Waals surface area contributed by atoms with Gasteiger partial charge in [0.25, 0.3) is 5.91 Å². The molecule has 108 valence electrons. The third kappa shape index (κ3) is 3.49. The fraction of sp³-hybridized carbons (Fsp3) is 0.125. The number of hydrogen-bond donors (Lipinski definition) is 2. The van der Waals surface area contributed by atoms with Crippen LogP contribution < -0.4 is 11.1 Å². The summed E-state index contributed by atoms with van der Waals surface area (Å²) in [6, 6.07) is 10.2. The zero-order chi connectivity index (χ0) is 15.6. The number of carbonyl (C=O) groups is 2. The molecule has 0 aliphatic heterocycles. The normalized spacial score (nSPS) is 10.2. The van der Waals surface area contributed by atoms with Gasteiger partial charge in [-0.25, -0.2) is 0 Å². The number of rotatable bonds is 3. The van der Waals surface area contributed by atoms with Crippen molar-refractivity contribution >= 4 is 33.4 Å². The topological polar surface area (TPSA) is 72.2 Å². The minimum Gasteiger partial charge on any atom is -0.366 e. The van der Waals surface area contributed by atoms with E-state index in [2.05, 4.69) is 21.2 Å². The van der Waals surface area contributed by atoms with Gasteiger partial charge in [-0.3, -0.25) is 9.59 Å². The van der Waals surface area contributed by atoms with Crippen LogP contribution in [-0.2, 0) is 0 Å². The van der Waals surface area contributed by atoms with Crippen LogP contribution in [0, 0.1) is 13.8 Å². The van der Waals surface area contributed by atoms with E-state index in [0.717, 1.165) is 21.3 Å². The number of amides is 2. The SMILES string of the molecule is Cc1cc(C)c(NC(=O)c2cccc(C(N)=O)c2)c(Br)c1. The molecule has 0 saturated heterocycles. The predicted octanol–water partition coefficient (Wildman–Crippen LogP) is 3.42. The van der Waals surface area contributed by atoms with E-state index in [4.69, 9.17) is 5.73 Å². The lowest BCUT2D eigenvalue weighted by Crippen LogP contribution is -2.16. The van der Waals surface area contributed by atoms with Crippen molar-refractivity contribution in [1.82, 2.24) is 0 Å². The van der Waals surface area contributed by atoms with Crippen molar-refractivity contribution in [2.24, 2.45) is 5.73 Å². The van der Waals surface area contributed by atoms with Crippen molar-refractivity contribution in [3.05, 3.63) is 63.1 Å². The average Bonchev–Trinajstić information content (AvgIpc) is 2.42. The molecule has 2 aromatic carbocycles. The summed E-state index contributed by atoms with van der Waals surface area (Å²) >= 11 is 3.45. The molecular weight excluding hydrogens is 332 g/mol. The van der Waals surface area contributed by atoms with E-state index in [1.807, 2.05) is 26.0 Å². The molecule has 2 amide bonds. The number of hydrogen-bond acceptors (Lipinski definition) is 2. The number of nitrogens with two attached hydrogens (primary N) is 1. The molecule has 2 aromatic rings. The zero-order valence-electron chi connectivity index (χ0n) is 11.7. The van der Waals surface area contributed by atoms with E-state index < -0.39 is 5.91 Å². The van der Waals surface area contributed by atoms with Crippen molar-refractivity contribution in [3.8, 4) is 0 Å². The first-order valence-corrected chi connectivity index (χ1v) is 7.15. The molecule has 0 aromatic heterocycles. The smallest absolute Gasteiger partial charge is 0.255 e. The summed E-state index contributed by atoms with van der Waals surface area (Å²) in [5.74, 6) is -0.844. The average molecular weight is 347 g/mol. The molecule has 0 fully saturated rings. The summed E-state index contributed by atoms with van der Waals surface area (Å²) in [6.07, 6.45) is 0. The molecular formula is C16H15BrN2O2. The van der Waals surface area contributed by atoms with Gasteiger partial charge in [0.15, 0.2) is 0 Å². The van der Waals surface area contributed by atoms with Gasteiger partial charge in [-0.2, -0.15) is 0 Å². The summed E-state index contributed by atoms with van der Waals surface area (Å²) < 4.78 is 0.819. The van der Waals surface area contributed by atoms with Crippen LogP contribution in [0.2, 0.25) is 0 Å². The zero-order valence-corrected chi connectivity index (χ0v) is 13.3. The van der Waals surface area contributed by atoms with E-state index in [1.54, 1.807) is 18.2 Å². The van der Waals surface area contributed by atoms with Crippen LogP contribution in [0.4, 0.5) is 5.69 Å². The molecule has 0 radical (unpaired) electrons. The Bertz CT molecular complexity index is 703.